The number of rotatable bonds is 6. The molecule has 0 atom stereocenters. The van der Waals surface area contributed by atoms with Crippen molar-refractivity contribution in [1.29, 1.82) is 0 Å². The van der Waals surface area contributed by atoms with Gasteiger partial charge in [-0.25, -0.2) is 0 Å². The molecule has 0 unspecified atom stereocenters. The molecule has 1 aromatic heterocycles. The van der Waals surface area contributed by atoms with Crippen molar-refractivity contribution in [3.63, 3.8) is 0 Å². The molecule has 140 valence electrons. The van der Waals surface area contributed by atoms with Gasteiger partial charge in [-0.3, -0.25) is 4.99 Å². The summed E-state index contributed by atoms with van der Waals surface area (Å²) in [5.74, 6) is 3.69. The third-order valence-electron chi connectivity index (χ3n) is 4.36. The van der Waals surface area contributed by atoms with Crippen LogP contribution in [0, 0.1) is 6.92 Å². The minimum atomic E-state index is 0.142. The molecule has 0 radical (unpaired) electrons. The Kier molecular flexibility index (Phi) is 5.75. The lowest BCUT2D eigenvalue weighted by atomic mass is 10.1. The van der Waals surface area contributed by atoms with Crippen LogP contribution in [0.5, 0.6) is 5.75 Å². The standard InChI is InChI=1S/C19H28N6O/c1-13(2)26-16-10-14(3)7-8-15(16)11-21-19(20-4)22-12-18-24-23-17-6-5-9-25(17)18/h7-8,10,13H,5-6,9,11-12H2,1-4H3,(H2,20,21,22). The monoisotopic (exact) mass is 356 g/mol. The minimum absolute atomic E-state index is 0.142. The van der Waals surface area contributed by atoms with E-state index in [4.69, 9.17) is 4.74 Å². The third kappa shape index (κ3) is 4.33. The number of fused-ring (bicyclic) bond motifs is 1. The molecule has 2 aromatic rings. The molecule has 1 aliphatic rings. The van der Waals surface area contributed by atoms with Crippen LogP contribution in [-0.2, 0) is 26.1 Å². The highest BCUT2D eigenvalue weighted by Crippen LogP contribution is 2.21. The Labute approximate surface area is 154 Å². The maximum absolute atomic E-state index is 5.94. The van der Waals surface area contributed by atoms with Gasteiger partial charge in [-0.05, 0) is 38.8 Å². The van der Waals surface area contributed by atoms with Gasteiger partial charge < -0.3 is 19.9 Å². The summed E-state index contributed by atoms with van der Waals surface area (Å²) in [6, 6.07) is 6.27. The molecule has 2 heterocycles. The van der Waals surface area contributed by atoms with Crippen LogP contribution in [0.4, 0.5) is 0 Å². The van der Waals surface area contributed by atoms with Crippen molar-refractivity contribution in [2.45, 2.75) is 59.4 Å². The first-order valence-corrected chi connectivity index (χ1v) is 9.18. The second-order valence-corrected chi connectivity index (χ2v) is 6.84. The fourth-order valence-corrected chi connectivity index (χ4v) is 3.08. The first-order chi connectivity index (χ1) is 12.6. The quantitative estimate of drug-likeness (QED) is 0.613. The van der Waals surface area contributed by atoms with Crippen LogP contribution >= 0.6 is 0 Å². The summed E-state index contributed by atoms with van der Waals surface area (Å²) in [6.07, 6.45) is 2.31. The SMILES string of the molecule is CN=C(NCc1ccc(C)cc1OC(C)C)NCc1nnc2n1CCC2. The molecule has 1 aliphatic heterocycles. The average Bonchev–Trinajstić information content (AvgIpc) is 3.20. The van der Waals surface area contributed by atoms with Gasteiger partial charge in [-0.15, -0.1) is 10.2 Å². The van der Waals surface area contributed by atoms with Gasteiger partial charge in [0.2, 0.25) is 0 Å². The zero-order valence-electron chi connectivity index (χ0n) is 16.0. The Hall–Kier alpha value is -2.57. The highest BCUT2D eigenvalue weighted by atomic mass is 16.5. The Balaban J connectivity index is 1.59. The zero-order valence-corrected chi connectivity index (χ0v) is 16.0. The van der Waals surface area contributed by atoms with Crippen LogP contribution in [0.25, 0.3) is 0 Å². The number of hydrogen-bond donors (Lipinski definition) is 2. The smallest absolute Gasteiger partial charge is 0.191 e. The summed E-state index contributed by atoms with van der Waals surface area (Å²) in [5, 5.41) is 15.2. The lowest BCUT2D eigenvalue weighted by Crippen LogP contribution is -2.37. The van der Waals surface area contributed by atoms with Crippen molar-refractivity contribution in [1.82, 2.24) is 25.4 Å². The maximum Gasteiger partial charge on any atom is 0.191 e. The second kappa shape index (κ2) is 8.21. The number of aryl methyl sites for hydroxylation is 2. The van der Waals surface area contributed by atoms with E-state index in [1.807, 2.05) is 13.8 Å². The summed E-state index contributed by atoms with van der Waals surface area (Å²) in [7, 11) is 1.77. The van der Waals surface area contributed by atoms with Gasteiger partial charge in [-0.1, -0.05) is 12.1 Å². The van der Waals surface area contributed by atoms with E-state index in [2.05, 4.69) is 55.5 Å². The fraction of sp³-hybridized carbons (Fsp3) is 0.526. The third-order valence-corrected chi connectivity index (χ3v) is 4.36. The molecule has 0 aliphatic carbocycles. The molecule has 1 aromatic carbocycles. The van der Waals surface area contributed by atoms with Crippen molar-refractivity contribution in [3.8, 4) is 5.75 Å². The number of guanidine groups is 1. The summed E-state index contributed by atoms with van der Waals surface area (Å²) in [6.45, 7) is 8.40. The van der Waals surface area contributed by atoms with Gasteiger partial charge in [0.1, 0.15) is 11.6 Å². The Morgan fingerprint density at radius 3 is 2.85 bits per heavy atom. The summed E-state index contributed by atoms with van der Waals surface area (Å²) in [5.41, 5.74) is 2.29. The number of nitrogens with zero attached hydrogens (tertiary/aromatic N) is 4. The lowest BCUT2D eigenvalue weighted by Gasteiger charge is -2.17. The molecular weight excluding hydrogens is 328 g/mol. The van der Waals surface area contributed by atoms with E-state index in [1.54, 1.807) is 7.05 Å². The van der Waals surface area contributed by atoms with Crippen LogP contribution in [0.2, 0.25) is 0 Å². The maximum atomic E-state index is 5.94. The van der Waals surface area contributed by atoms with Gasteiger partial charge in [-0.2, -0.15) is 0 Å². The van der Waals surface area contributed by atoms with Gasteiger partial charge in [0, 0.05) is 32.1 Å². The molecule has 2 N–H and O–H groups in total. The summed E-state index contributed by atoms with van der Waals surface area (Å²) in [4.78, 5) is 4.30. The van der Waals surface area contributed by atoms with E-state index in [0.717, 1.165) is 48.3 Å². The topological polar surface area (TPSA) is 76.4 Å². The van der Waals surface area contributed by atoms with Gasteiger partial charge in [0.15, 0.2) is 11.8 Å². The Morgan fingerprint density at radius 2 is 2.08 bits per heavy atom. The molecule has 7 nitrogen and oxygen atoms in total. The second-order valence-electron chi connectivity index (χ2n) is 6.84. The minimum Gasteiger partial charge on any atom is -0.491 e. The molecule has 0 saturated carbocycles. The molecule has 0 amide bonds. The number of hydrogen-bond acceptors (Lipinski definition) is 4. The summed E-state index contributed by atoms with van der Waals surface area (Å²) < 4.78 is 8.13. The lowest BCUT2D eigenvalue weighted by molar-refractivity contribution is 0.239. The highest BCUT2D eigenvalue weighted by molar-refractivity contribution is 5.79. The van der Waals surface area contributed by atoms with E-state index >= 15 is 0 Å². The molecule has 7 heteroatoms. The predicted octanol–water partition coefficient (Wildman–Crippen LogP) is 2.19. The van der Waals surface area contributed by atoms with Crippen molar-refractivity contribution >= 4 is 5.96 Å². The number of nitrogens with one attached hydrogen (secondary N) is 2. The molecule has 0 spiro atoms. The van der Waals surface area contributed by atoms with Crippen LogP contribution in [-0.4, -0.2) is 33.9 Å². The number of ether oxygens (including phenoxy) is 1. The van der Waals surface area contributed by atoms with E-state index < -0.39 is 0 Å². The fourth-order valence-electron chi connectivity index (χ4n) is 3.08. The molecular formula is C19H28N6O. The number of aliphatic imine (C=N–C) groups is 1. The van der Waals surface area contributed by atoms with Crippen molar-refractivity contribution in [2.24, 2.45) is 4.99 Å². The van der Waals surface area contributed by atoms with Crippen LogP contribution < -0.4 is 15.4 Å². The number of benzene rings is 1. The van der Waals surface area contributed by atoms with E-state index in [-0.39, 0.29) is 6.10 Å². The van der Waals surface area contributed by atoms with E-state index in [0.29, 0.717) is 13.1 Å². The van der Waals surface area contributed by atoms with Crippen LogP contribution in [0.15, 0.2) is 23.2 Å². The summed E-state index contributed by atoms with van der Waals surface area (Å²) >= 11 is 0. The zero-order chi connectivity index (χ0) is 18.5. The van der Waals surface area contributed by atoms with Crippen molar-refractivity contribution in [3.05, 3.63) is 41.0 Å². The number of aromatic nitrogens is 3. The van der Waals surface area contributed by atoms with Gasteiger partial charge >= 0.3 is 0 Å². The molecule has 3 rings (SSSR count). The molecule has 0 bridgehead atoms. The van der Waals surface area contributed by atoms with E-state index in [1.165, 1.54) is 5.56 Å². The first-order valence-electron chi connectivity index (χ1n) is 9.18. The first kappa shape index (κ1) is 18.2. The predicted molar refractivity (Wildman–Crippen MR) is 102 cm³/mol. The largest absolute Gasteiger partial charge is 0.491 e. The van der Waals surface area contributed by atoms with Gasteiger partial charge in [0.25, 0.3) is 0 Å². The highest BCUT2D eigenvalue weighted by Gasteiger charge is 2.17. The Bertz CT molecular complexity index is 780. The van der Waals surface area contributed by atoms with Crippen molar-refractivity contribution in [2.75, 3.05) is 7.05 Å². The molecule has 26 heavy (non-hydrogen) atoms. The van der Waals surface area contributed by atoms with Crippen molar-refractivity contribution < 1.29 is 4.74 Å². The van der Waals surface area contributed by atoms with Crippen LogP contribution in [0.3, 0.4) is 0 Å². The van der Waals surface area contributed by atoms with Gasteiger partial charge in [0.05, 0.1) is 12.6 Å². The van der Waals surface area contributed by atoms with E-state index in [9.17, 15) is 0 Å². The average molecular weight is 356 g/mol. The van der Waals surface area contributed by atoms with Crippen LogP contribution in [0.1, 0.15) is 43.0 Å². The molecule has 0 fully saturated rings. The Morgan fingerprint density at radius 1 is 1.27 bits per heavy atom. The normalized spacial score (nSPS) is 13.8. The molecule has 0 saturated heterocycles.